The molecule has 2 fully saturated rings. The lowest BCUT2D eigenvalue weighted by atomic mass is 10.4. The Morgan fingerprint density at radius 1 is 1.12 bits per heavy atom. The fraction of sp³-hybridized carbons (Fsp3) is 0.571. The summed E-state index contributed by atoms with van der Waals surface area (Å²) < 4.78 is 0. The highest BCUT2D eigenvalue weighted by atomic mass is 35.5. The van der Waals surface area contributed by atoms with Crippen LogP contribution in [0.1, 0.15) is 19.8 Å². The van der Waals surface area contributed by atoms with Crippen molar-refractivity contribution in [3.05, 3.63) is 34.3 Å². The topological polar surface area (TPSA) is 3.24 Å². The van der Waals surface area contributed by atoms with E-state index in [1.165, 1.54) is 26.1 Å². The maximum absolute atomic E-state index is 5.58. The van der Waals surface area contributed by atoms with E-state index in [1.54, 1.807) is 18.6 Å². The largest absolute Gasteiger partial charge is 0.303 e. The summed E-state index contributed by atoms with van der Waals surface area (Å²) >= 11 is 11.2. The minimum absolute atomic E-state index is 0.606. The van der Waals surface area contributed by atoms with Gasteiger partial charge in [0.1, 0.15) is 0 Å². The Hall–Kier alpha value is -0.240. The highest BCUT2D eigenvalue weighted by Gasteiger charge is 2.44. The van der Waals surface area contributed by atoms with E-state index in [1.807, 2.05) is 12.1 Å². The summed E-state index contributed by atoms with van der Waals surface area (Å²) in [6.07, 6.45) is 2.87. The molecular formula is C14H19Cl2N. The molecular weight excluding hydrogens is 253 g/mol. The first-order valence-corrected chi connectivity index (χ1v) is 7.08. The van der Waals surface area contributed by atoms with Gasteiger partial charge in [0.2, 0.25) is 0 Å². The molecule has 2 atom stereocenters. The standard InChI is InChI=1S/C8H15N.C6H4Cl2/c1-2-3-9-5-7-4-8(7)6-9;7-5-3-1-2-4-6(5)8/h7-8H,2-6H2,1H3;1-4H. The molecule has 2 unspecified atom stereocenters. The molecule has 2 aliphatic rings. The van der Waals surface area contributed by atoms with Gasteiger partial charge in [-0.2, -0.15) is 0 Å². The zero-order chi connectivity index (χ0) is 12.3. The van der Waals surface area contributed by atoms with Gasteiger partial charge in [-0.15, -0.1) is 0 Å². The molecule has 17 heavy (non-hydrogen) atoms. The minimum atomic E-state index is 0.606. The molecule has 0 bridgehead atoms. The smallest absolute Gasteiger partial charge is 0.0592 e. The van der Waals surface area contributed by atoms with E-state index in [0.29, 0.717) is 10.0 Å². The summed E-state index contributed by atoms with van der Waals surface area (Å²) in [5.41, 5.74) is 0. The molecule has 0 spiro atoms. The maximum atomic E-state index is 5.58. The molecule has 0 N–H and O–H groups in total. The molecule has 1 nitrogen and oxygen atoms in total. The second kappa shape index (κ2) is 6.08. The van der Waals surface area contributed by atoms with Crippen LogP contribution in [0.4, 0.5) is 0 Å². The number of piperidine rings is 1. The number of benzene rings is 1. The van der Waals surface area contributed by atoms with Gasteiger partial charge in [-0.1, -0.05) is 42.3 Å². The summed E-state index contributed by atoms with van der Waals surface area (Å²) in [5.74, 6) is 2.24. The Morgan fingerprint density at radius 3 is 2.06 bits per heavy atom. The van der Waals surface area contributed by atoms with Crippen molar-refractivity contribution >= 4 is 23.2 Å². The predicted molar refractivity (Wildman–Crippen MR) is 74.8 cm³/mol. The van der Waals surface area contributed by atoms with Gasteiger partial charge in [0.15, 0.2) is 0 Å². The van der Waals surface area contributed by atoms with Crippen LogP contribution in [0.15, 0.2) is 24.3 Å². The van der Waals surface area contributed by atoms with Crippen LogP contribution in [0, 0.1) is 11.8 Å². The Bertz CT molecular complexity index is 336. The van der Waals surface area contributed by atoms with E-state index in [9.17, 15) is 0 Å². The number of likely N-dealkylation sites (tertiary alicyclic amines) is 1. The predicted octanol–water partition coefficient (Wildman–Crippen LogP) is 4.34. The van der Waals surface area contributed by atoms with E-state index in [-0.39, 0.29) is 0 Å². The van der Waals surface area contributed by atoms with E-state index in [4.69, 9.17) is 23.2 Å². The molecule has 1 aliphatic carbocycles. The monoisotopic (exact) mass is 271 g/mol. The first kappa shape index (κ1) is 13.2. The van der Waals surface area contributed by atoms with Gasteiger partial charge in [-0.25, -0.2) is 0 Å². The summed E-state index contributed by atoms with van der Waals surface area (Å²) in [4.78, 5) is 2.61. The van der Waals surface area contributed by atoms with E-state index < -0.39 is 0 Å². The normalized spacial score (nSPS) is 26.1. The van der Waals surface area contributed by atoms with Crippen molar-refractivity contribution in [1.29, 1.82) is 0 Å². The third kappa shape index (κ3) is 3.87. The van der Waals surface area contributed by atoms with Gasteiger partial charge in [0, 0.05) is 13.1 Å². The lowest BCUT2D eigenvalue weighted by molar-refractivity contribution is 0.306. The van der Waals surface area contributed by atoms with Crippen LogP contribution in [-0.2, 0) is 0 Å². The van der Waals surface area contributed by atoms with Crippen LogP contribution in [0.3, 0.4) is 0 Å². The number of fused-ring (bicyclic) bond motifs is 1. The Labute approximate surface area is 114 Å². The number of rotatable bonds is 2. The molecule has 1 aromatic carbocycles. The lowest BCUT2D eigenvalue weighted by Gasteiger charge is -2.14. The van der Waals surface area contributed by atoms with Crippen molar-refractivity contribution in [1.82, 2.24) is 4.90 Å². The molecule has 0 aromatic heterocycles. The summed E-state index contributed by atoms with van der Waals surface area (Å²) in [6.45, 7) is 6.44. The number of hydrogen-bond acceptors (Lipinski definition) is 1. The van der Waals surface area contributed by atoms with E-state index in [0.717, 1.165) is 11.8 Å². The molecule has 1 saturated carbocycles. The molecule has 0 radical (unpaired) electrons. The maximum Gasteiger partial charge on any atom is 0.0592 e. The Balaban J connectivity index is 0.000000128. The molecule has 1 aliphatic heterocycles. The second-order valence-electron chi connectivity index (χ2n) is 4.93. The highest BCUT2D eigenvalue weighted by Crippen LogP contribution is 2.44. The summed E-state index contributed by atoms with van der Waals surface area (Å²) in [6, 6.07) is 7.19. The fourth-order valence-corrected chi connectivity index (χ4v) is 2.70. The van der Waals surface area contributed by atoms with Crippen LogP contribution >= 0.6 is 23.2 Å². The molecule has 0 amide bonds. The zero-order valence-corrected chi connectivity index (χ0v) is 11.7. The first-order valence-electron chi connectivity index (χ1n) is 6.33. The van der Waals surface area contributed by atoms with Crippen LogP contribution < -0.4 is 0 Å². The minimum Gasteiger partial charge on any atom is -0.303 e. The molecule has 3 heteroatoms. The number of nitrogens with zero attached hydrogens (tertiary/aromatic N) is 1. The van der Waals surface area contributed by atoms with Crippen LogP contribution in [0.2, 0.25) is 10.0 Å². The van der Waals surface area contributed by atoms with Crippen molar-refractivity contribution in [2.75, 3.05) is 19.6 Å². The lowest BCUT2D eigenvalue weighted by Crippen LogP contribution is -2.23. The van der Waals surface area contributed by atoms with E-state index >= 15 is 0 Å². The van der Waals surface area contributed by atoms with Crippen molar-refractivity contribution in [3.63, 3.8) is 0 Å². The highest BCUT2D eigenvalue weighted by molar-refractivity contribution is 6.41. The van der Waals surface area contributed by atoms with Crippen molar-refractivity contribution in [3.8, 4) is 0 Å². The quantitative estimate of drug-likeness (QED) is 0.774. The molecule has 1 saturated heterocycles. The van der Waals surface area contributed by atoms with E-state index in [2.05, 4.69) is 11.8 Å². The Kier molecular flexibility index (Phi) is 4.72. The molecule has 94 valence electrons. The zero-order valence-electron chi connectivity index (χ0n) is 10.2. The molecule has 1 heterocycles. The van der Waals surface area contributed by atoms with Gasteiger partial charge in [0.05, 0.1) is 10.0 Å². The molecule has 3 rings (SSSR count). The van der Waals surface area contributed by atoms with Crippen molar-refractivity contribution in [2.45, 2.75) is 19.8 Å². The number of hydrogen-bond donors (Lipinski definition) is 0. The second-order valence-corrected chi connectivity index (χ2v) is 5.74. The fourth-order valence-electron chi connectivity index (χ4n) is 2.43. The SMILES string of the molecule is CCCN1CC2CC2C1.Clc1ccccc1Cl. The van der Waals surface area contributed by atoms with Crippen molar-refractivity contribution in [2.24, 2.45) is 11.8 Å². The van der Waals surface area contributed by atoms with Gasteiger partial charge < -0.3 is 4.90 Å². The van der Waals surface area contributed by atoms with Crippen LogP contribution in [0.5, 0.6) is 0 Å². The average Bonchev–Trinajstić information content (AvgIpc) is 2.92. The Morgan fingerprint density at radius 2 is 1.65 bits per heavy atom. The summed E-state index contributed by atoms with van der Waals surface area (Å²) in [5, 5.41) is 1.21. The van der Waals surface area contributed by atoms with Gasteiger partial charge in [-0.3, -0.25) is 0 Å². The van der Waals surface area contributed by atoms with Gasteiger partial charge >= 0.3 is 0 Å². The third-order valence-corrected chi connectivity index (χ3v) is 4.17. The van der Waals surface area contributed by atoms with Crippen LogP contribution in [-0.4, -0.2) is 24.5 Å². The van der Waals surface area contributed by atoms with Gasteiger partial charge in [0.25, 0.3) is 0 Å². The average molecular weight is 272 g/mol. The molecule has 1 aromatic rings. The van der Waals surface area contributed by atoms with Gasteiger partial charge in [-0.05, 0) is 43.4 Å². The summed E-state index contributed by atoms with van der Waals surface area (Å²) in [7, 11) is 0. The third-order valence-electron chi connectivity index (χ3n) is 3.42. The first-order chi connectivity index (χ1) is 8.20. The van der Waals surface area contributed by atoms with Crippen LogP contribution in [0.25, 0.3) is 0 Å². The van der Waals surface area contributed by atoms with Crippen molar-refractivity contribution < 1.29 is 0 Å². The number of halogens is 2.